The van der Waals surface area contributed by atoms with Crippen LogP contribution in [-0.4, -0.2) is 52.1 Å². The molecule has 1 aromatic carbocycles. The molecule has 0 radical (unpaired) electrons. The van der Waals surface area contributed by atoms with Crippen molar-refractivity contribution < 1.29 is 54.5 Å². The monoisotopic (exact) mass is 376 g/mol. The fourth-order valence-electron chi connectivity index (χ4n) is 0.887. The number of ether oxygens (including phenoxy) is 1. The van der Waals surface area contributed by atoms with Gasteiger partial charge in [0, 0.05) is 6.92 Å². The van der Waals surface area contributed by atoms with E-state index >= 15 is 0 Å². The van der Waals surface area contributed by atoms with Crippen LogP contribution in [0.4, 0.5) is 0 Å². The quantitative estimate of drug-likeness (QED) is 0.262. The van der Waals surface area contributed by atoms with Crippen LogP contribution >= 0.6 is 0 Å². The second-order valence-corrected chi connectivity index (χ2v) is 5.08. The summed E-state index contributed by atoms with van der Waals surface area (Å²) in [6, 6.07) is 5.98. The number of benzene rings is 1. The third-order valence-corrected chi connectivity index (χ3v) is 1.37. The highest BCUT2D eigenvalue weighted by atomic mass is 32.3. The maximum absolute atomic E-state index is 10.6. The molecule has 5 N–H and O–H groups in total. The van der Waals surface area contributed by atoms with Crippen molar-refractivity contribution in [3.05, 3.63) is 29.8 Å². The summed E-state index contributed by atoms with van der Waals surface area (Å²) in [5.74, 6) is -1.58. The van der Waals surface area contributed by atoms with Gasteiger partial charge in [-0.1, -0.05) is 12.1 Å². The average molecular weight is 376 g/mol. The van der Waals surface area contributed by atoms with Gasteiger partial charge in [-0.2, -0.15) is 16.8 Å². The molecule has 0 aliphatic carbocycles. The van der Waals surface area contributed by atoms with Gasteiger partial charge >= 0.3 is 32.7 Å². The predicted molar refractivity (Wildman–Crippen MR) is 73.1 cm³/mol. The van der Waals surface area contributed by atoms with Crippen molar-refractivity contribution >= 4 is 32.7 Å². The highest BCUT2D eigenvalue weighted by Crippen LogP contribution is 2.17. The highest BCUT2D eigenvalue weighted by Gasteiger charge is 2.10. The molecule has 12 nitrogen and oxygen atoms in total. The molecule has 0 aliphatic heterocycles. The second-order valence-electron chi connectivity index (χ2n) is 3.29. The standard InChI is InChI=1S/C9H8O4.2H2O4S/c1-6(10)13-8-5-3-2-4-7(8)9(11)12;2*1-5(2,3)4/h2-5H,1H3,(H,11,12);2*(H2,1,2,3,4). The Labute approximate surface area is 130 Å². The van der Waals surface area contributed by atoms with Gasteiger partial charge in [0.25, 0.3) is 0 Å². The van der Waals surface area contributed by atoms with E-state index in [-0.39, 0.29) is 11.3 Å². The first-order chi connectivity index (χ1) is 10.1. The van der Waals surface area contributed by atoms with Crippen LogP contribution in [0.5, 0.6) is 5.75 Å². The molecule has 0 amide bonds. The Bertz CT molecular complexity index is 688. The molecular weight excluding hydrogens is 364 g/mol. The molecule has 132 valence electrons. The normalized spacial score (nSPS) is 10.3. The molecule has 0 spiro atoms. The molecule has 0 aromatic heterocycles. The Morgan fingerprint density at radius 1 is 0.913 bits per heavy atom. The molecule has 1 rings (SSSR count). The molecule has 1 aromatic rings. The molecule has 0 saturated carbocycles. The third-order valence-electron chi connectivity index (χ3n) is 1.37. The lowest BCUT2D eigenvalue weighted by Crippen LogP contribution is -2.06. The Balaban J connectivity index is 0. The lowest BCUT2D eigenvalue weighted by Gasteiger charge is -2.03. The van der Waals surface area contributed by atoms with E-state index in [0.29, 0.717) is 0 Å². The van der Waals surface area contributed by atoms with E-state index in [1.807, 2.05) is 0 Å². The molecule has 0 aliphatic rings. The van der Waals surface area contributed by atoms with E-state index < -0.39 is 32.7 Å². The fourth-order valence-corrected chi connectivity index (χ4v) is 0.887. The first-order valence-corrected chi connectivity index (χ1v) is 7.81. The summed E-state index contributed by atoms with van der Waals surface area (Å²) in [6.07, 6.45) is 0. The number of hydrogen-bond donors (Lipinski definition) is 5. The van der Waals surface area contributed by atoms with Crippen molar-refractivity contribution in [2.45, 2.75) is 6.92 Å². The number of carboxylic acids is 1. The van der Waals surface area contributed by atoms with Gasteiger partial charge in [0.2, 0.25) is 0 Å². The van der Waals surface area contributed by atoms with Crippen molar-refractivity contribution in [2.75, 3.05) is 0 Å². The Morgan fingerprint density at radius 3 is 1.57 bits per heavy atom. The minimum absolute atomic E-state index is 0.0160. The van der Waals surface area contributed by atoms with E-state index in [0.717, 1.165) is 0 Å². The van der Waals surface area contributed by atoms with Gasteiger partial charge in [0.1, 0.15) is 11.3 Å². The van der Waals surface area contributed by atoms with Crippen molar-refractivity contribution in [2.24, 2.45) is 0 Å². The highest BCUT2D eigenvalue weighted by molar-refractivity contribution is 7.80. The van der Waals surface area contributed by atoms with Crippen LogP contribution in [-0.2, 0) is 25.6 Å². The Kier molecular flexibility index (Phi) is 9.90. The van der Waals surface area contributed by atoms with Crippen molar-refractivity contribution in [1.29, 1.82) is 0 Å². The molecule has 14 heteroatoms. The third kappa shape index (κ3) is 22.3. The zero-order valence-electron chi connectivity index (χ0n) is 11.2. The summed E-state index contributed by atoms with van der Waals surface area (Å²) in [5.41, 5.74) is -0.0160. The number of rotatable bonds is 2. The maximum atomic E-state index is 10.6. The minimum Gasteiger partial charge on any atom is -0.478 e. The van der Waals surface area contributed by atoms with Gasteiger partial charge < -0.3 is 9.84 Å². The van der Waals surface area contributed by atoms with E-state index in [4.69, 9.17) is 40.2 Å². The molecule has 0 heterocycles. The molecule has 0 fully saturated rings. The van der Waals surface area contributed by atoms with Gasteiger partial charge in [-0.25, -0.2) is 4.79 Å². The predicted octanol–water partition coefficient (Wildman–Crippen LogP) is 0.00450. The van der Waals surface area contributed by atoms with Crippen LogP contribution in [0.15, 0.2) is 24.3 Å². The van der Waals surface area contributed by atoms with Crippen LogP contribution in [0, 0.1) is 0 Å². The summed E-state index contributed by atoms with van der Waals surface area (Å²) < 4.78 is 67.9. The van der Waals surface area contributed by atoms with Crippen molar-refractivity contribution in [3.63, 3.8) is 0 Å². The van der Waals surface area contributed by atoms with Crippen LogP contribution in [0.1, 0.15) is 17.3 Å². The minimum atomic E-state index is -4.67. The summed E-state index contributed by atoms with van der Waals surface area (Å²) in [7, 11) is -9.33. The molecule has 0 bridgehead atoms. The Morgan fingerprint density at radius 2 is 1.26 bits per heavy atom. The molecule has 0 atom stereocenters. The van der Waals surface area contributed by atoms with Gasteiger partial charge in [-0.15, -0.1) is 0 Å². The van der Waals surface area contributed by atoms with E-state index in [9.17, 15) is 9.59 Å². The topological polar surface area (TPSA) is 213 Å². The van der Waals surface area contributed by atoms with Crippen LogP contribution < -0.4 is 4.74 Å². The number of carboxylic acid groups (broad SMARTS) is 1. The number of hydrogen-bond acceptors (Lipinski definition) is 7. The van der Waals surface area contributed by atoms with Gasteiger partial charge in [-0.3, -0.25) is 23.0 Å². The lowest BCUT2D eigenvalue weighted by molar-refractivity contribution is -0.131. The molecule has 0 unspecified atom stereocenters. The first kappa shape index (κ1) is 23.2. The number of carbonyl (C=O) groups excluding carboxylic acids is 1. The zero-order valence-corrected chi connectivity index (χ0v) is 12.9. The number of carbonyl (C=O) groups is 2. The number of para-hydroxylation sites is 1. The Hall–Kier alpha value is -2.10. The van der Waals surface area contributed by atoms with Crippen molar-refractivity contribution in [1.82, 2.24) is 0 Å². The smallest absolute Gasteiger partial charge is 0.394 e. The molecule has 23 heavy (non-hydrogen) atoms. The maximum Gasteiger partial charge on any atom is 0.394 e. The van der Waals surface area contributed by atoms with Crippen LogP contribution in [0.3, 0.4) is 0 Å². The zero-order chi connectivity index (χ0) is 18.8. The summed E-state index contributed by atoms with van der Waals surface area (Å²) in [4.78, 5) is 21.2. The van der Waals surface area contributed by atoms with E-state index in [2.05, 4.69) is 4.74 Å². The first-order valence-electron chi connectivity index (χ1n) is 5.01. The van der Waals surface area contributed by atoms with Gasteiger partial charge in [-0.05, 0) is 12.1 Å². The van der Waals surface area contributed by atoms with Gasteiger partial charge in [0.05, 0.1) is 0 Å². The fraction of sp³-hybridized carbons (Fsp3) is 0.111. The molecule has 0 saturated heterocycles. The SMILES string of the molecule is CC(=O)Oc1ccccc1C(=O)O.O=S(=O)(O)O.O=S(=O)(O)O. The largest absolute Gasteiger partial charge is 0.478 e. The summed E-state index contributed by atoms with van der Waals surface area (Å²) in [5, 5.41) is 8.69. The number of esters is 1. The summed E-state index contributed by atoms with van der Waals surface area (Å²) >= 11 is 0. The lowest BCUT2D eigenvalue weighted by atomic mass is 10.2. The summed E-state index contributed by atoms with van der Waals surface area (Å²) in [6.45, 7) is 1.22. The average Bonchev–Trinajstić information content (AvgIpc) is 2.23. The van der Waals surface area contributed by atoms with E-state index in [1.165, 1.54) is 19.1 Å². The second kappa shape index (κ2) is 9.82. The van der Waals surface area contributed by atoms with Crippen LogP contribution in [0.25, 0.3) is 0 Å². The number of aromatic carboxylic acids is 1. The van der Waals surface area contributed by atoms with Crippen molar-refractivity contribution in [3.8, 4) is 5.75 Å². The van der Waals surface area contributed by atoms with E-state index in [1.54, 1.807) is 12.1 Å². The van der Waals surface area contributed by atoms with Crippen LogP contribution in [0.2, 0.25) is 0 Å². The molecular formula is C9H12O12S2. The van der Waals surface area contributed by atoms with Gasteiger partial charge in [0.15, 0.2) is 0 Å².